The Bertz CT molecular complexity index is 992. The number of likely N-dealkylation sites (tertiary alicyclic amines) is 1. The van der Waals surface area contributed by atoms with Gasteiger partial charge in [-0.1, -0.05) is 6.07 Å². The summed E-state index contributed by atoms with van der Waals surface area (Å²) in [5.41, 5.74) is 0.845. The molecule has 0 radical (unpaired) electrons. The Morgan fingerprint density at radius 3 is 2.52 bits per heavy atom. The molecule has 170 valence electrons. The number of benzene rings is 2. The van der Waals surface area contributed by atoms with Crippen LogP contribution < -0.4 is 19.5 Å². The standard InChI is InChI=1S/C21H27N3O5S.ClH/c1-16-10-19(28-14-17-6-8-24(9-7-17)15-23-22)12-20(11-16)29-30(25,26)21-5-3-4-18(13-21)27-2;/h3-5,10-13,15,17H,6-9,14,22H2,1-2H3;1H. The predicted octanol–water partition coefficient (Wildman–Crippen LogP) is 3.19. The largest absolute Gasteiger partial charge is 0.497 e. The highest BCUT2D eigenvalue weighted by Crippen LogP contribution is 2.28. The Morgan fingerprint density at radius 2 is 1.84 bits per heavy atom. The molecule has 3 rings (SSSR count). The lowest BCUT2D eigenvalue weighted by Gasteiger charge is -2.30. The molecule has 0 saturated carbocycles. The van der Waals surface area contributed by atoms with Crippen LogP contribution in [-0.4, -0.2) is 46.5 Å². The first-order valence-corrected chi connectivity index (χ1v) is 11.1. The number of rotatable bonds is 8. The number of ether oxygens (including phenoxy) is 2. The molecule has 0 bridgehead atoms. The summed E-state index contributed by atoms with van der Waals surface area (Å²) in [5.74, 6) is 6.84. The number of hydrogen-bond acceptors (Lipinski definition) is 7. The first kappa shape index (κ1) is 24.6. The van der Waals surface area contributed by atoms with Crippen molar-refractivity contribution in [2.24, 2.45) is 16.9 Å². The molecule has 1 saturated heterocycles. The molecule has 10 heteroatoms. The fourth-order valence-corrected chi connectivity index (χ4v) is 4.27. The fraction of sp³-hybridized carbons (Fsp3) is 0.381. The molecule has 2 aromatic carbocycles. The number of nitrogens with zero attached hydrogens (tertiary/aromatic N) is 2. The summed E-state index contributed by atoms with van der Waals surface area (Å²) in [4.78, 5) is 2.11. The summed E-state index contributed by atoms with van der Waals surface area (Å²) in [6.07, 6.45) is 3.61. The summed E-state index contributed by atoms with van der Waals surface area (Å²) in [6, 6.07) is 11.3. The predicted molar refractivity (Wildman–Crippen MR) is 122 cm³/mol. The van der Waals surface area contributed by atoms with Crippen molar-refractivity contribution in [1.29, 1.82) is 0 Å². The van der Waals surface area contributed by atoms with E-state index >= 15 is 0 Å². The summed E-state index contributed by atoms with van der Waals surface area (Å²) in [5, 5.41) is 3.56. The van der Waals surface area contributed by atoms with E-state index in [1.165, 1.54) is 19.2 Å². The molecule has 1 aliphatic rings. The van der Waals surface area contributed by atoms with Crippen LogP contribution in [0.1, 0.15) is 18.4 Å². The monoisotopic (exact) mass is 469 g/mol. The maximum atomic E-state index is 12.6. The minimum absolute atomic E-state index is 0. The Balaban J connectivity index is 0.00000341. The fourth-order valence-electron chi connectivity index (χ4n) is 3.32. The third-order valence-corrected chi connectivity index (χ3v) is 6.17. The summed E-state index contributed by atoms with van der Waals surface area (Å²) in [7, 11) is -2.51. The van der Waals surface area contributed by atoms with Gasteiger partial charge in [-0.15, -0.1) is 12.4 Å². The van der Waals surface area contributed by atoms with Gasteiger partial charge in [-0.3, -0.25) is 0 Å². The molecule has 0 aliphatic carbocycles. The minimum atomic E-state index is -3.99. The number of halogens is 1. The van der Waals surface area contributed by atoms with Crippen LogP contribution in [0.15, 0.2) is 52.5 Å². The molecule has 1 fully saturated rings. The molecule has 1 heterocycles. The van der Waals surface area contributed by atoms with Crippen molar-refractivity contribution in [1.82, 2.24) is 4.90 Å². The lowest BCUT2D eigenvalue weighted by atomic mass is 9.98. The number of hydrogen-bond donors (Lipinski definition) is 1. The molecule has 0 aromatic heterocycles. The van der Waals surface area contributed by atoms with E-state index in [4.69, 9.17) is 19.5 Å². The van der Waals surface area contributed by atoms with E-state index in [9.17, 15) is 8.42 Å². The molecule has 31 heavy (non-hydrogen) atoms. The zero-order chi connectivity index (χ0) is 21.6. The second-order valence-corrected chi connectivity index (χ2v) is 8.80. The van der Waals surface area contributed by atoms with Gasteiger partial charge in [0.15, 0.2) is 0 Å². The number of aryl methyl sites for hydroxylation is 1. The van der Waals surface area contributed by atoms with E-state index in [0.717, 1.165) is 31.5 Å². The van der Waals surface area contributed by atoms with Gasteiger partial charge in [0, 0.05) is 25.2 Å². The summed E-state index contributed by atoms with van der Waals surface area (Å²) >= 11 is 0. The third kappa shape index (κ3) is 6.93. The van der Waals surface area contributed by atoms with Gasteiger partial charge in [-0.05, 0) is 55.5 Å². The molecular formula is C21H28ClN3O5S. The van der Waals surface area contributed by atoms with Crippen LogP contribution in [0.5, 0.6) is 17.2 Å². The molecule has 0 amide bonds. The van der Waals surface area contributed by atoms with Crippen molar-refractivity contribution in [3.8, 4) is 17.2 Å². The normalized spacial score (nSPS) is 14.8. The molecule has 0 unspecified atom stereocenters. The van der Waals surface area contributed by atoms with Gasteiger partial charge in [-0.25, -0.2) is 0 Å². The molecule has 8 nitrogen and oxygen atoms in total. The van der Waals surface area contributed by atoms with Gasteiger partial charge < -0.3 is 24.4 Å². The average Bonchev–Trinajstić information content (AvgIpc) is 2.73. The topological polar surface area (TPSA) is 103 Å². The van der Waals surface area contributed by atoms with Crippen molar-refractivity contribution in [2.75, 3.05) is 26.8 Å². The molecule has 2 aromatic rings. The Labute approximate surface area is 189 Å². The summed E-state index contributed by atoms with van der Waals surface area (Å²) in [6.45, 7) is 4.19. The quantitative estimate of drug-likeness (QED) is 0.208. The van der Waals surface area contributed by atoms with Crippen LogP contribution in [0, 0.1) is 12.8 Å². The van der Waals surface area contributed by atoms with E-state index in [0.29, 0.717) is 24.0 Å². The number of piperidine rings is 1. The number of nitrogens with two attached hydrogens (primary N) is 1. The van der Waals surface area contributed by atoms with E-state index in [-0.39, 0.29) is 23.1 Å². The van der Waals surface area contributed by atoms with Crippen molar-refractivity contribution < 1.29 is 22.1 Å². The molecule has 2 N–H and O–H groups in total. The van der Waals surface area contributed by atoms with Crippen LogP contribution in [0.2, 0.25) is 0 Å². The van der Waals surface area contributed by atoms with E-state index < -0.39 is 10.1 Å². The number of methoxy groups -OCH3 is 1. The van der Waals surface area contributed by atoms with E-state index in [1.54, 1.807) is 30.6 Å². The van der Waals surface area contributed by atoms with Crippen LogP contribution >= 0.6 is 12.4 Å². The van der Waals surface area contributed by atoms with Crippen molar-refractivity contribution >= 4 is 28.9 Å². The van der Waals surface area contributed by atoms with Gasteiger partial charge >= 0.3 is 10.1 Å². The van der Waals surface area contributed by atoms with Gasteiger partial charge in [0.2, 0.25) is 0 Å². The molecule has 0 atom stereocenters. The Morgan fingerprint density at radius 1 is 1.13 bits per heavy atom. The van der Waals surface area contributed by atoms with Crippen molar-refractivity contribution in [3.63, 3.8) is 0 Å². The van der Waals surface area contributed by atoms with Gasteiger partial charge in [0.1, 0.15) is 28.5 Å². The highest BCUT2D eigenvalue weighted by Gasteiger charge is 2.20. The van der Waals surface area contributed by atoms with Crippen molar-refractivity contribution in [3.05, 3.63) is 48.0 Å². The van der Waals surface area contributed by atoms with Crippen LogP contribution in [-0.2, 0) is 10.1 Å². The molecule has 0 spiro atoms. The van der Waals surface area contributed by atoms with Gasteiger partial charge in [-0.2, -0.15) is 13.5 Å². The summed E-state index contributed by atoms with van der Waals surface area (Å²) < 4.78 is 41.7. The smallest absolute Gasteiger partial charge is 0.339 e. The van der Waals surface area contributed by atoms with E-state index in [2.05, 4.69) is 10.0 Å². The maximum absolute atomic E-state index is 12.6. The third-order valence-electron chi connectivity index (χ3n) is 4.92. The second kappa shape index (κ2) is 11.1. The zero-order valence-corrected chi connectivity index (χ0v) is 19.2. The molecule has 1 aliphatic heterocycles. The van der Waals surface area contributed by atoms with Crippen molar-refractivity contribution in [2.45, 2.75) is 24.7 Å². The lowest BCUT2D eigenvalue weighted by Crippen LogP contribution is -2.34. The Kier molecular flexibility index (Phi) is 8.82. The SMILES string of the molecule is COc1cccc(S(=O)(=O)Oc2cc(C)cc(OCC3CCN(C=NN)CC3)c2)c1.Cl. The number of hydrazone groups is 1. The average molecular weight is 470 g/mol. The van der Waals surface area contributed by atoms with E-state index in [1.807, 2.05) is 13.0 Å². The lowest BCUT2D eigenvalue weighted by molar-refractivity contribution is 0.183. The van der Waals surface area contributed by atoms with Crippen LogP contribution in [0.3, 0.4) is 0 Å². The maximum Gasteiger partial charge on any atom is 0.339 e. The first-order valence-electron chi connectivity index (χ1n) is 9.70. The highest BCUT2D eigenvalue weighted by molar-refractivity contribution is 7.87. The van der Waals surface area contributed by atoms with Gasteiger partial charge in [0.25, 0.3) is 0 Å². The molecular weight excluding hydrogens is 442 g/mol. The minimum Gasteiger partial charge on any atom is -0.497 e. The zero-order valence-electron chi connectivity index (χ0n) is 17.6. The van der Waals surface area contributed by atoms with Crippen LogP contribution in [0.25, 0.3) is 0 Å². The van der Waals surface area contributed by atoms with Gasteiger partial charge in [0.05, 0.1) is 13.7 Å². The second-order valence-electron chi connectivity index (χ2n) is 7.25. The first-order chi connectivity index (χ1) is 14.4. The highest BCUT2D eigenvalue weighted by atomic mass is 35.5. The van der Waals surface area contributed by atoms with Crippen LogP contribution in [0.4, 0.5) is 0 Å². The Hall–Kier alpha value is -2.65.